The number of aromatic nitrogens is 5. The predicted molar refractivity (Wildman–Crippen MR) is 152 cm³/mol. The van der Waals surface area contributed by atoms with E-state index >= 15 is 0 Å². The maximum absolute atomic E-state index is 13.1. The zero-order chi connectivity index (χ0) is 27.4. The van der Waals surface area contributed by atoms with Gasteiger partial charge in [0, 0.05) is 35.9 Å². The average Bonchev–Trinajstić information content (AvgIpc) is 3.36. The van der Waals surface area contributed by atoms with E-state index in [1.165, 1.54) is 0 Å². The summed E-state index contributed by atoms with van der Waals surface area (Å²) in [6.07, 6.45) is 6.23. The first-order chi connectivity index (χ1) is 19.5. The highest BCUT2D eigenvalue weighted by molar-refractivity contribution is 5.88. The van der Waals surface area contributed by atoms with Crippen molar-refractivity contribution in [2.75, 3.05) is 13.7 Å². The van der Waals surface area contributed by atoms with Crippen molar-refractivity contribution >= 4 is 27.8 Å². The Morgan fingerprint density at radius 1 is 1.07 bits per heavy atom. The Morgan fingerprint density at radius 2 is 1.90 bits per heavy atom. The number of carbonyl (C=O) groups is 1. The summed E-state index contributed by atoms with van der Waals surface area (Å²) in [6, 6.07) is 16.5. The second-order valence-corrected chi connectivity index (χ2v) is 11.0. The Kier molecular flexibility index (Phi) is 5.95. The Bertz CT molecular complexity index is 1700. The molecule has 9 nitrogen and oxygen atoms in total. The fourth-order valence-electron chi connectivity index (χ4n) is 5.77. The van der Waals surface area contributed by atoms with Crippen LogP contribution in [0.3, 0.4) is 0 Å². The van der Waals surface area contributed by atoms with Crippen LogP contribution >= 0.6 is 0 Å². The van der Waals surface area contributed by atoms with Crippen molar-refractivity contribution in [3.63, 3.8) is 0 Å². The van der Waals surface area contributed by atoms with E-state index in [1.807, 2.05) is 59.9 Å². The van der Waals surface area contributed by atoms with Gasteiger partial charge in [0.25, 0.3) is 0 Å². The molecule has 204 valence electrons. The molecule has 1 saturated carbocycles. The average molecular weight is 537 g/mol. The van der Waals surface area contributed by atoms with E-state index in [4.69, 9.17) is 19.4 Å². The first-order valence-electron chi connectivity index (χ1n) is 13.9. The number of nitrogens with zero attached hydrogens (tertiary/aromatic N) is 5. The van der Waals surface area contributed by atoms with E-state index in [2.05, 4.69) is 34.7 Å². The third kappa shape index (κ3) is 4.35. The van der Waals surface area contributed by atoms with Crippen LogP contribution in [0.4, 0.5) is 0 Å². The SMILES string of the molecule is COc1ccc([C@@H](C)N2CC([C@@H](C)Oc3nc(-c4ccc5[nH]ncc5c4)cc4ncn(C5CC5)c34)CC2=O)cc1. The van der Waals surface area contributed by atoms with E-state index in [-0.39, 0.29) is 24.0 Å². The summed E-state index contributed by atoms with van der Waals surface area (Å²) in [6.45, 7) is 4.76. The first kappa shape index (κ1) is 24.6. The topological polar surface area (TPSA) is 98.2 Å². The van der Waals surface area contributed by atoms with Gasteiger partial charge in [-0.05, 0) is 62.6 Å². The number of pyridine rings is 1. The molecule has 40 heavy (non-hydrogen) atoms. The molecule has 0 radical (unpaired) electrons. The van der Waals surface area contributed by atoms with Gasteiger partial charge >= 0.3 is 0 Å². The van der Waals surface area contributed by atoms with E-state index in [0.717, 1.165) is 57.3 Å². The fourth-order valence-corrected chi connectivity index (χ4v) is 5.77. The molecule has 1 aliphatic carbocycles. The largest absolute Gasteiger partial charge is 0.497 e. The number of likely N-dealkylation sites (tertiary alicyclic amines) is 1. The minimum absolute atomic E-state index is 0.0297. The van der Waals surface area contributed by atoms with Crippen LogP contribution < -0.4 is 9.47 Å². The van der Waals surface area contributed by atoms with Gasteiger partial charge < -0.3 is 18.9 Å². The second kappa shape index (κ2) is 9.66. The molecule has 3 atom stereocenters. The van der Waals surface area contributed by atoms with Crippen molar-refractivity contribution in [3.8, 4) is 22.9 Å². The molecule has 0 bridgehead atoms. The zero-order valence-electron chi connectivity index (χ0n) is 22.9. The number of imidazole rings is 1. The van der Waals surface area contributed by atoms with Gasteiger partial charge in [-0.15, -0.1) is 0 Å². The van der Waals surface area contributed by atoms with Gasteiger partial charge in [-0.25, -0.2) is 9.97 Å². The number of H-pyrrole nitrogens is 1. The highest BCUT2D eigenvalue weighted by Crippen LogP contribution is 2.41. The molecule has 1 N–H and O–H groups in total. The molecule has 1 aliphatic heterocycles. The third-order valence-corrected chi connectivity index (χ3v) is 8.41. The normalized spacial score (nSPS) is 18.9. The van der Waals surface area contributed by atoms with Crippen molar-refractivity contribution < 1.29 is 14.3 Å². The van der Waals surface area contributed by atoms with Crippen LogP contribution in [0.5, 0.6) is 11.6 Å². The quantitative estimate of drug-likeness (QED) is 0.273. The molecule has 2 aliphatic rings. The van der Waals surface area contributed by atoms with Crippen molar-refractivity contribution in [1.82, 2.24) is 29.6 Å². The number of aromatic amines is 1. The van der Waals surface area contributed by atoms with Gasteiger partial charge in [-0.3, -0.25) is 9.89 Å². The molecular formula is C31H32N6O3. The molecule has 7 rings (SSSR count). The van der Waals surface area contributed by atoms with Gasteiger partial charge in [-0.1, -0.05) is 18.2 Å². The smallest absolute Gasteiger partial charge is 0.241 e. The number of nitrogens with one attached hydrogen (secondary N) is 1. The minimum Gasteiger partial charge on any atom is -0.497 e. The number of methoxy groups -OCH3 is 1. The maximum Gasteiger partial charge on any atom is 0.241 e. The Hall–Kier alpha value is -4.40. The first-order valence-corrected chi connectivity index (χ1v) is 13.9. The van der Waals surface area contributed by atoms with Gasteiger partial charge in [0.05, 0.1) is 42.4 Å². The zero-order valence-corrected chi connectivity index (χ0v) is 22.9. The van der Waals surface area contributed by atoms with Crippen molar-refractivity contribution in [3.05, 3.63) is 66.6 Å². The van der Waals surface area contributed by atoms with Crippen LogP contribution in [-0.2, 0) is 4.79 Å². The number of hydrogen-bond donors (Lipinski definition) is 1. The summed E-state index contributed by atoms with van der Waals surface area (Å²) in [7, 11) is 1.66. The van der Waals surface area contributed by atoms with Crippen molar-refractivity contribution in [1.29, 1.82) is 0 Å². The lowest BCUT2D eigenvalue weighted by Gasteiger charge is -2.27. The fraction of sp³-hybridized carbons (Fsp3) is 0.355. The lowest BCUT2D eigenvalue weighted by atomic mass is 10.0. The van der Waals surface area contributed by atoms with Gasteiger partial charge in [0.1, 0.15) is 17.4 Å². The van der Waals surface area contributed by atoms with Crippen molar-refractivity contribution in [2.45, 2.75) is 51.3 Å². The molecule has 1 amide bonds. The molecule has 2 aromatic carbocycles. The van der Waals surface area contributed by atoms with Gasteiger partial charge in [-0.2, -0.15) is 5.10 Å². The van der Waals surface area contributed by atoms with Crippen LogP contribution in [0.1, 0.15) is 50.8 Å². The monoisotopic (exact) mass is 536 g/mol. The summed E-state index contributed by atoms with van der Waals surface area (Å²) >= 11 is 0. The number of amides is 1. The Balaban J connectivity index is 1.17. The molecule has 3 aromatic heterocycles. The summed E-state index contributed by atoms with van der Waals surface area (Å²) in [5.41, 5.74) is 5.63. The molecule has 1 saturated heterocycles. The number of carbonyl (C=O) groups excluding carboxylic acids is 1. The molecule has 9 heteroatoms. The third-order valence-electron chi connectivity index (χ3n) is 8.41. The number of benzene rings is 2. The predicted octanol–water partition coefficient (Wildman–Crippen LogP) is 5.70. The van der Waals surface area contributed by atoms with Crippen LogP contribution in [0.2, 0.25) is 0 Å². The number of fused-ring (bicyclic) bond motifs is 2. The molecular weight excluding hydrogens is 504 g/mol. The van der Waals surface area contributed by atoms with E-state index in [1.54, 1.807) is 7.11 Å². The molecule has 2 fully saturated rings. The molecule has 4 heterocycles. The minimum atomic E-state index is -0.207. The summed E-state index contributed by atoms with van der Waals surface area (Å²) in [4.78, 5) is 24.9. The van der Waals surface area contributed by atoms with Crippen LogP contribution in [0, 0.1) is 5.92 Å². The highest BCUT2D eigenvalue weighted by Gasteiger charge is 2.37. The summed E-state index contributed by atoms with van der Waals surface area (Å²) in [5.74, 6) is 1.57. The van der Waals surface area contributed by atoms with Crippen LogP contribution in [-0.4, -0.2) is 55.3 Å². The molecule has 1 unspecified atom stereocenters. The standard InChI is InChI=1S/C31H32N6O3/c1-18(20-4-9-25(39-3)10-5-20)36-16-23(13-29(36)38)19(2)40-31-30-28(32-17-37(30)24-7-8-24)14-27(34-31)21-6-11-26-22(12-21)15-33-35-26/h4-6,9-12,14-15,17-19,23-24H,7-8,13,16H2,1-3H3,(H,33,35)/t18-,19-,23?/m1/s1. The lowest BCUT2D eigenvalue weighted by Crippen LogP contribution is -2.31. The van der Waals surface area contributed by atoms with Gasteiger partial charge in [0.2, 0.25) is 11.8 Å². The van der Waals surface area contributed by atoms with E-state index < -0.39 is 0 Å². The van der Waals surface area contributed by atoms with Crippen LogP contribution in [0.15, 0.2) is 61.1 Å². The molecule has 5 aromatic rings. The van der Waals surface area contributed by atoms with E-state index in [0.29, 0.717) is 24.9 Å². The number of ether oxygens (including phenoxy) is 2. The van der Waals surface area contributed by atoms with Gasteiger partial charge in [0.15, 0.2) is 0 Å². The molecule has 0 spiro atoms. The lowest BCUT2D eigenvalue weighted by molar-refractivity contribution is -0.129. The summed E-state index contributed by atoms with van der Waals surface area (Å²) in [5, 5.41) is 8.17. The van der Waals surface area contributed by atoms with Crippen molar-refractivity contribution in [2.24, 2.45) is 5.92 Å². The number of rotatable bonds is 8. The maximum atomic E-state index is 13.1. The van der Waals surface area contributed by atoms with E-state index in [9.17, 15) is 4.79 Å². The Labute approximate surface area is 232 Å². The highest BCUT2D eigenvalue weighted by atomic mass is 16.5. The van der Waals surface area contributed by atoms with Crippen LogP contribution in [0.25, 0.3) is 33.2 Å². The summed E-state index contributed by atoms with van der Waals surface area (Å²) < 4.78 is 14.1. The Morgan fingerprint density at radius 3 is 2.67 bits per heavy atom. The second-order valence-electron chi connectivity index (χ2n) is 11.0. The number of hydrogen-bond acceptors (Lipinski definition) is 6.